The number of hydrogen-bond acceptors (Lipinski definition) is 4. The highest BCUT2D eigenvalue weighted by Crippen LogP contribution is 2.29. The van der Waals surface area contributed by atoms with Crippen molar-refractivity contribution in [2.24, 2.45) is 0 Å². The largest absolute Gasteiger partial charge is 0.495 e. The number of benzene rings is 2. The normalized spacial score (nSPS) is 17.7. The average Bonchev–Trinajstić information content (AvgIpc) is 2.91. The molecule has 2 aromatic rings. The minimum Gasteiger partial charge on any atom is -0.495 e. The first kappa shape index (κ1) is 21.9. The fraction of sp³-hybridized carbons (Fsp3) is 0.350. The summed E-state index contributed by atoms with van der Waals surface area (Å²) in [5, 5.41) is 3.68. The van der Waals surface area contributed by atoms with E-state index < -0.39 is 16.1 Å². The van der Waals surface area contributed by atoms with E-state index in [-0.39, 0.29) is 17.3 Å². The van der Waals surface area contributed by atoms with Crippen molar-refractivity contribution in [1.82, 2.24) is 9.62 Å². The van der Waals surface area contributed by atoms with E-state index in [1.165, 1.54) is 35.7 Å². The minimum absolute atomic E-state index is 0.0105. The number of nitrogens with one attached hydrogen (secondary N) is 1. The van der Waals surface area contributed by atoms with Crippen LogP contribution in [0.25, 0.3) is 0 Å². The quantitative estimate of drug-likeness (QED) is 0.715. The van der Waals surface area contributed by atoms with Gasteiger partial charge >= 0.3 is 0 Å². The van der Waals surface area contributed by atoms with E-state index in [1.807, 2.05) is 0 Å². The van der Waals surface area contributed by atoms with Crippen LogP contribution in [0.15, 0.2) is 47.4 Å². The lowest BCUT2D eigenvalue weighted by Gasteiger charge is -2.29. The number of carbonyl (C=O) groups excluding carboxylic acids is 1. The number of nitrogens with zero attached hydrogens (tertiary/aromatic N) is 1. The van der Waals surface area contributed by atoms with Crippen molar-refractivity contribution >= 4 is 39.1 Å². The Labute approximate surface area is 180 Å². The second-order valence-electron chi connectivity index (χ2n) is 6.78. The number of halogens is 2. The molecule has 1 N–H and O–H groups in total. The van der Waals surface area contributed by atoms with Gasteiger partial charge in [0.25, 0.3) is 0 Å². The second-order valence-corrected chi connectivity index (χ2v) is 9.51. The number of sulfonamides is 1. The summed E-state index contributed by atoms with van der Waals surface area (Å²) in [5.41, 5.74) is 0.667. The third-order valence-electron chi connectivity index (χ3n) is 4.83. The molecule has 1 aliphatic heterocycles. The maximum absolute atomic E-state index is 13.5. The first-order chi connectivity index (χ1) is 13.8. The zero-order chi connectivity index (χ0) is 21.0. The monoisotopic (exact) mass is 456 g/mol. The Morgan fingerprint density at radius 2 is 1.86 bits per heavy atom. The second kappa shape index (κ2) is 9.34. The van der Waals surface area contributed by atoms with Crippen LogP contribution in [-0.4, -0.2) is 38.3 Å². The molecule has 0 saturated carbocycles. The van der Waals surface area contributed by atoms with Crippen LogP contribution < -0.4 is 10.1 Å². The Bertz CT molecular complexity index is 980. The highest BCUT2D eigenvalue weighted by molar-refractivity contribution is 7.89. The average molecular weight is 457 g/mol. The molecule has 0 radical (unpaired) electrons. The van der Waals surface area contributed by atoms with Crippen molar-refractivity contribution in [2.45, 2.75) is 36.7 Å². The standard InChI is InChI=1S/C20H22Cl2N2O4S/c1-28-19-12-14(5-10-17(19)22)13-24(18-4-2-3-11-23-20(18)25)29(26,27)16-8-6-15(21)7-9-16/h5-10,12,18H,2-4,11,13H2,1H3,(H,23,25). The smallest absolute Gasteiger partial charge is 0.244 e. The van der Waals surface area contributed by atoms with Crippen molar-refractivity contribution < 1.29 is 17.9 Å². The topological polar surface area (TPSA) is 75.7 Å². The number of carbonyl (C=O) groups is 1. The highest BCUT2D eigenvalue weighted by Gasteiger charge is 2.36. The van der Waals surface area contributed by atoms with E-state index in [0.717, 1.165) is 12.8 Å². The molecule has 1 atom stereocenters. The van der Waals surface area contributed by atoms with Crippen molar-refractivity contribution in [3.63, 3.8) is 0 Å². The number of amides is 1. The van der Waals surface area contributed by atoms with E-state index in [1.54, 1.807) is 18.2 Å². The van der Waals surface area contributed by atoms with Crippen LogP contribution >= 0.6 is 23.2 Å². The number of hydrogen-bond donors (Lipinski definition) is 1. The highest BCUT2D eigenvalue weighted by atomic mass is 35.5. The predicted octanol–water partition coefficient (Wildman–Crippen LogP) is 3.86. The summed E-state index contributed by atoms with van der Waals surface area (Å²) in [6, 6.07) is 10.2. The Hall–Kier alpha value is -1.80. The van der Waals surface area contributed by atoms with Crippen LogP contribution in [0.3, 0.4) is 0 Å². The van der Waals surface area contributed by atoms with E-state index >= 15 is 0 Å². The van der Waals surface area contributed by atoms with Gasteiger partial charge in [-0.15, -0.1) is 0 Å². The van der Waals surface area contributed by atoms with Crippen molar-refractivity contribution in [3.8, 4) is 5.75 Å². The van der Waals surface area contributed by atoms with Crippen molar-refractivity contribution in [3.05, 3.63) is 58.1 Å². The van der Waals surface area contributed by atoms with Crippen LogP contribution in [0.5, 0.6) is 5.75 Å². The summed E-state index contributed by atoms with van der Waals surface area (Å²) >= 11 is 12.0. The van der Waals surface area contributed by atoms with E-state index in [2.05, 4.69) is 5.32 Å². The molecule has 6 nitrogen and oxygen atoms in total. The van der Waals surface area contributed by atoms with Gasteiger partial charge < -0.3 is 10.1 Å². The minimum atomic E-state index is -3.95. The predicted molar refractivity (Wildman–Crippen MR) is 113 cm³/mol. The number of ether oxygens (including phenoxy) is 1. The van der Waals surface area contributed by atoms with Gasteiger partial charge in [0, 0.05) is 18.1 Å². The third kappa shape index (κ3) is 5.04. The van der Waals surface area contributed by atoms with Gasteiger partial charge in [-0.3, -0.25) is 4.79 Å². The van der Waals surface area contributed by atoms with Crippen LogP contribution in [0, 0.1) is 0 Å². The molecule has 156 valence electrons. The zero-order valence-corrected chi connectivity index (χ0v) is 18.2. The van der Waals surface area contributed by atoms with Gasteiger partial charge in [-0.05, 0) is 61.2 Å². The van der Waals surface area contributed by atoms with Gasteiger partial charge in [0.2, 0.25) is 15.9 Å². The number of rotatable bonds is 6. The van der Waals surface area contributed by atoms with Crippen LogP contribution in [0.1, 0.15) is 24.8 Å². The molecule has 0 bridgehead atoms. The summed E-state index contributed by atoms with van der Waals surface area (Å²) in [6.45, 7) is 0.551. The van der Waals surface area contributed by atoms with E-state index in [0.29, 0.717) is 34.3 Å². The van der Waals surface area contributed by atoms with Crippen LogP contribution in [0.2, 0.25) is 10.0 Å². The van der Waals surface area contributed by atoms with E-state index in [9.17, 15) is 13.2 Å². The molecule has 0 aliphatic carbocycles. The molecule has 1 aliphatic rings. The lowest BCUT2D eigenvalue weighted by Crippen LogP contribution is -2.48. The molecule has 0 aromatic heterocycles. The van der Waals surface area contributed by atoms with Crippen molar-refractivity contribution in [2.75, 3.05) is 13.7 Å². The molecule has 1 fully saturated rings. The molecule has 9 heteroatoms. The summed E-state index contributed by atoms with van der Waals surface area (Å²) in [4.78, 5) is 12.8. The van der Waals surface area contributed by atoms with Gasteiger partial charge in [-0.25, -0.2) is 8.42 Å². The fourth-order valence-corrected chi connectivity index (χ4v) is 5.21. The Kier molecular flexibility index (Phi) is 7.05. The molecule has 2 aromatic carbocycles. The van der Waals surface area contributed by atoms with Gasteiger partial charge in [0.05, 0.1) is 17.0 Å². The molecule has 3 rings (SSSR count). The zero-order valence-electron chi connectivity index (χ0n) is 15.9. The lowest BCUT2D eigenvalue weighted by atomic mass is 10.1. The molecule has 1 unspecified atom stereocenters. The summed E-state index contributed by atoms with van der Waals surface area (Å²) in [7, 11) is -2.46. The Morgan fingerprint density at radius 1 is 1.14 bits per heavy atom. The molecule has 1 heterocycles. The fourth-order valence-electron chi connectivity index (χ4n) is 3.29. The third-order valence-corrected chi connectivity index (χ3v) is 7.26. The molecule has 1 saturated heterocycles. The summed E-state index contributed by atoms with van der Waals surface area (Å²) in [6.07, 6.45) is 2.01. The molecule has 29 heavy (non-hydrogen) atoms. The summed E-state index contributed by atoms with van der Waals surface area (Å²) < 4.78 is 33.4. The number of methoxy groups -OCH3 is 1. The Balaban J connectivity index is 2.03. The maximum atomic E-state index is 13.5. The maximum Gasteiger partial charge on any atom is 0.244 e. The molecule has 0 spiro atoms. The van der Waals surface area contributed by atoms with Gasteiger partial charge in [-0.2, -0.15) is 4.31 Å². The van der Waals surface area contributed by atoms with Gasteiger partial charge in [0.1, 0.15) is 11.8 Å². The van der Waals surface area contributed by atoms with Gasteiger partial charge in [0.15, 0.2) is 0 Å². The van der Waals surface area contributed by atoms with Crippen molar-refractivity contribution in [1.29, 1.82) is 0 Å². The molecular formula is C20H22Cl2N2O4S. The first-order valence-electron chi connectivity index (χ1n) is 9.20. The first-order valence-corrected chi connectivity index (χ1v) is 11.4. The van der Waals surface area contributed by atoms with Crippen LogP contribution in [-0.2, 0) is 21.4 Å². The SMILES string of the molecule is COc1cc(CN(C2CCCCNC2=O)S(=O)(=O)c2ccc(Cl)cc2)ccc1Cl. The molecular weight excluding hydrogens is 435 g/mol. The lowest BCUT2D eigenvalue weighted by molar-refractivity contribution is -0.124. The summed E-state index contributed by atoms with van der Waals surface area (Å²) in [5.74, 6) is 0.152. The van der Waals surface area contributed by atoms with E-state index in [4.69, 9.17) is 27.9 Å². The Morgan fingerprint density at radius 3 is 2.55 bits per heavy atom. The van der Waals surface area contributed by atoms with Crippen LogP contribution in [0.4, 0.5) is 0 Å². The van der Waals surface area contributed by atoms with Gasteiger partial charge in [-0.1, -0.05) is 29.3 Å². The molecule has 1 amide bonds.